The van der Waals surface area contributed by atoms with Crippen LogP contribution in [0.2, 0.25) is 5.02 Å². The number of H-pyrrole nitrogens is 1. The fourth-order valence-corrected chi connectivity index (χ4v) is 2.77. The van der Waals surface area contributed by atoms with E-state index in [2.05, 4.69) is 20.5 Å². The minimum Gasteiger partial charge on any atom is -0.324 e. The van der Waals surface area contributed by atoms with Crippen LogP contribution in [-0.2, 0) is 4.79 Å². The van der Waals surface area contributed by atoms with Crippen LogP contribution in [-0.4, -0.2) is 26.3 Å². The first-order valence-corrected chi connectivity index (χ1v) is 8.03. The SMILES string of the molecule is CC(Sc1n[nH]c(C2CC2)n1)C(=O)Nc1ccccc1Cl. The van der Waals surface area contributed by atoms with Crippen LogP contribution in [0.1, 0.15) is 31.5 Å². The van der Waals surface area contributed by atoms with E-state index in [0.717, 1.165) is 5.82 Å². The highest BCUT2D eigenvalue weighted by atomic mass is 35.5. The molecule has 1 aromatic heterocycles. The van der Waals surface area contributed by atoms with E-state index in [-0.39, 0.29) is 11.2 Å². The molecule has 0 saturated heterocycles. The molecule has 1 unspecified atom stereocenters. The minimum atomic E-state index is -0.302. The number of halogens is 1. The Morgan fingerprint density at radius 2 is 2.24 bits per heavy atom. The van der Waals surface area contributed by atoms with Crippen LogP contribution in [0.5, 0.6) is 0 Å². The number of nitrogens with zero attached hydrogens (tertiary/aromatic N) is 2. The molecule has 5 nitrogen and oxygen atoms in total. The summed E-state index contributed by atoms with van der Waals surface area (Å²) in [6.07, 6.45) is 2.34. The molecule has 3 rings (SSSR count). The smallest absolute Gasteiger partial charge is 0.237 e. The topological polar surface area (TPSA) is 70.7 Å². The quantitative estimate of drug-likeness (QED) is 0.827. The van der Waals surface area contributed by atoms with Gasteiger partial charge in [-0.2, -0.15) is 0 Å². The predicted octanol–water partition coefficient (Wildman–Crippen LogP) is 3.45. The van der Waals surface area contributed by atoms with Gasteiger partial charge in [-0.3, -0.25) is 9.89 Å². The van der Waals surface area contributed by atoms with E-state index >= 15 is 0 Å². The Hall–Kier alpha value is -1.53. The van der Waals surface area contributed by atoms with Crippen LogP contribution in [0.15, 0.2) is 29.4 Å². The third-order valence-electron chi connectivity index (χ3n) is 3.23. The standard InChI is InChI=1S/C14H15ClN4OS/c1-8(13(20)16-11-5-3-2-4-10(11)15)21-14-17-12(18-19-14)9-6-7-9/h2-5,8-9H,6-7H2,1H3,(H,16,20)(H,17,18,19). The second kappa shape index (κ2) is 6.07. The van der Waals surface area contributed by atoms with Crippen LogP contribution >= 0.6 is 23.4 Å². The molecule has 0 radical (unpaired) electrons. The van der Waals surface area contributed by atoms with Gasteiger partial charge in [0.2, 0.25) is 11.1 Å². The second-order valence-corrected chi connectivity index (χ2v) is 6.72. The molecule has 21 heavy (non-hydrogen) atoms. The lowest BCUT2D eigenvalue weighted by Crippen LogP contribution is -2.22. The summed E-state index contributed by atoms with van der Waals surface area (Å²) in [5.41, 5.74) is 0.616. The molecule has 0 spiro atoms. The molecule has 1 heterocycles. The van der Waals surface area contributed by atoms with Gasteiger partial charge < -0.3 is 5.32 Å². The summed E-state index contributed by atoms with van der Waals surface area (Å²) >= 11 is 7.36. The number of anilines is 1. The molecule has 1 aliphatic rings. The maximum absolute atomic E-state index is 12.2. The lowest BCUT2D eigenvalue weighted by Gasteiger charge is -2.11. The summed E-state index contributed by atoms with van der Waals surface area (Å²) in [6, 6.07) is 7.17. The zero-order valence-electron chi connectivity index (χ0n) is 11.5. The van der Waals surface area contributed by atoms with Crippen LogP contribution in [0, 0.1) is 0 Å². The van der Waals surface area contributed by atoms with Crippen molar-refractivity contribution in [2.45, 2.75) is 36.1 Å². The molecule has 1 aliphatic carbocycles. The molecule has 2 N–H and O–H groups in total. The molecule has 1 fully saturated rings. The van der Waals surface area contributed by atoms with Crippen LogP contribution in [0.25, 0.3) is 0 Å². The number of carbonyl (C=O) groups excluding carboxylic acids is 1. The van der Waals surface area contributed by atoms with Crippen LogP contribution in [0.3, 0.4) is 0 Å². The Morgan fingerprint density at radius 1 is 1.48 bits per heavy atom. The van der Waals surface area contributed by atoms with Crippen molar-refractivity contribution in [3.8, 4) is 0 Å². The van der Waals surface area contributed by atoms with Gasteiger partial charge in [0.05, 0.1) is 16.0 Å². The number of benzene rings is 1. The van der Waals surface area contributed by atoms with E-state index in [0.29, 0.717) is 21.8 Å². The van der Waals surface area contributed by atoms with Gasteiger partial charge in [-0.15, -0.1) is 5.10 Å². The van der Waals surface area contributed by atoms with E-state index in [9.17, 15) is 4.79 Å². The fourth-order valence-electron chi connectivity index (χ4n) is 1.86. The van der Waals surface area contributed by atoms with E-state index < -0.39 is 0 Å². The maximum Gasteiger partial charge on any atom is 0.237 e. The monoisotopic (exact) mass is 322 g/mol. The van der Waals surface area contributed by atoms with Gasteiger partial charge in [0.25, 0.3) is 0 Å². The normalized spacial score (nSPS) is 15.7. The van der Waals surface area contributed by atoms with E-state index in [4.69, 9.17) is 11.6 Å². The van der Waals surface area contributed by atoms with Gasteiger partial charge in [0, 0.05) is 5.92 Å². The molecular weight excluding hydrogens is 308 g/mol. The largest absolute Gasteiger partial charge is 0.324 e. The van der Waals surface area contributed by atoms with Crippen molar-refractivity contribution in [1.82, 2.24) is 15.2 Å². The average molecular weight is 323 g/mol. The second-order valence-electron chi connectivity index (χ2n) is 5.01. The van der Waals surface area contributed by atoms with Crippen molar-refractivity contribution in [3.63, 3.8) is 0 Å². The predicted molar refractivity (Wildman–Crippen MR) is 83.8 cm³/mol. The average Bonchev–Trinajstić information content (AvgIpc) is 3.22. The van der Waals surface area contributed by atoms with Gasteiger partial charge >= 0.3 is 0 Å². The number of hydrogen-bond donors (Lipinski definition) is 2. The molecule has 2 aromatic rings. The van der Waals surface area contributed by atoms with Gasteiger partial charge in [-0.05, 0) is 31.9 Å². The third kappa shape index (κ3) is 3.57. The summed E-state index contributed by atoms with van der Waals surface area (Å²) in [6.45, 7) is 1.82. The Kier molecular flexibility index (Phi) is 4.17. The van der Waals surface area contributed by atoms with E-state index in [1.165, 1.54) is 24.6 Å². The number of para-hydroxylation sites is 1. The molecule has 0 bridgehead atoms. The molecule has 0 aliphatic heterocycles. The summed E-state index contributed by atoms with van der Waals surface area (Å²) in [4.78, 5) is 16.6. The maximum atomic E-state index is 12.2. The Labute approximate surface area is 131 Å². The van der Waals surface area contributed by atoms with E-state index in [1.54, 1.807) is 12.1 Å². The van der Waals surface area contributed by atoms with Crippen molar-refractivity contribution in [3.05, 3.63) is 35.1 Å². The van der Waals surface area contributed by atoms with Gasteiger partial charge in [-0.25, -0.2) is 4.98 Å². The molecule has 110 valence electrons. The number of nitrogens with one attached hydrogen (secondary N) is 2. The number of aromatic nitrogens is 3. The highest BCUT2D eigenvalue weighted by Gasteiger charge is 2.27. The van der Waals surface area contributed by atoms with Crippen molar-refractivity contribution in [2.75, 3.05) is 5.32 Å². The number of rotatable bonds is 5. The molecule has 1 saturated carbocycles. The Morgan fingerprint density at radius 3 is 2.95 bits per heavy atom. The Balaban J connectivity index is 1.60. The Bertz CT molecular complexity index is 656. The lowest BCUT2D eigenvalue weighted by atomic mass is 10.3. The van der Waals surface area contributed by atoms with Gasteiger partial charge in [0.1, 0.15) is 5.82 Å². The fraction of sp³-hybridized carbons (Fsp3) is 0.357. The zero-order chi connectivity index (χ0) is 14.8. The van der Waals surface area contributed by atoms with Crippen molar-refractivity contribution < 1.29 is 4.79 Å². The van der Waals surface area contributed by atoms with E-state index in [1.807, 2.05) is 19.1 Å². The molecule has 1 aromatic carbocycles. The number of thioether (sulfide) groups is 1. The number of aromatic amines is 1. The summed E-state index contributed by atoms with van der Waals surface area (Å²) < 4.78 is 0. The first kappa shape index (κ1) is 14.4. The summed E-state index contributed by atoms with van der Waals surface area (Å²) in [5.74, 6) is 1.33. The van der Waals surface area contributed by atoms with Crippen LogP contribution in [0.4, 0.5) is 5.69 Å². The first-order chi connectivity index (χ1) is 10.1. The minimum absolute atomic E-state index is 0.120. The summed E-state index contributed by atoms with van der Waals surface area (Å²) in [7, 11) is 0. The van der Waals surface area contributed by atoms with Gasteiger partial charge in [0.15, 0.2) is 0 Å². The van der Waals surface area contributed by atoms with Crippen LogP contribution < -0.4 is 5.32 Å². The van der Waals surface area contributed by atoms with Crippen molar-refractivity contribution in [2.24, 2.45) is 0 Å². The lowest BCUT2D eigenvalue weighted by molar-refractivity contribution is -0.115. The molecule has 1 amide bonds. The van der Waals surface area contributed by atoms with Crippen molar-refractivity contribution >= 4 is 35.0 Å². The first-order valence-electron chi connectivity index (χ1n) is 6.78. The zero-order valence-corrected chi connectivity index (χ0v) is 13.0. The highest BCUT2D eigenvalue weighted by molar-refractivity contribution is 8.00. The molecular formula is C14H15ClN4OS. The third-order valence-corrected chi connectivity index (χ3v) is 4.52. The number of hydrogen-bond acceptors (Lipinski definition) is 4. The number of carbonyl (C=O) groups is 1. The molecule has 7 heteroatoms. The van der Waals surface area contributed by atoms with Crippen molar-refractivity contribution in [1.29, 1.82) is 0 Å². The molecule has 1 atom stereocenters. The van der Waals surface area contributed by atoms with Gasteiger partial charge in [-0.1, -0.05) is 35.5 Å². The number of amides is 1. The summed E-state index contributed by atoms with van der Waals surface area (Å²) in [5, 5.41) is 10.7. The highest BCUT2D eigenvalue weighted by Crippen LogP contribution is 2.38.